The van der Waals surface area contributed by atoms with Gasteiger partial charge in [-0.1, -0.05) is 61.5 Å². The summed E-state index contributed by atoms with van der Waals surface area (Å²) >= 11 is 0. The van der Waals surface area contributed by atoms with Crippen LogP contribution in [0, 0.1) is 17.2 Å². The van der Waals surface area contributed by atoms with Crippen LogP contribution in [0.3, 0.4) is 0 Å². The van der Waals surface area contributed by atoms with E-state index in [0.717, 1.165) is 11.1 Å². The average Bonchev–Trinajstić information content (AvgIpc) is 3.23. The number of nitrogens with zero attached hydrogens (tertiary/aromatic N) is 2. The number of amides is 1. The minimum absolute atomic E-state index is 0.154. The van der Waals surface area contributed by atoms with Crippen molar-refractivity contribution >= 4 is 18.7 Å². The summed E-state index contributed by atoms with van der Waals surface area (Å²) in [6.07, 6.45) is 0.887. The molecule has 34 heavy (non-hydrogen) atoms. The van der Waals surface area contributed by atoms with E-state index in [1.54, 1.807) is 18.2 Å². The standard InChI is InChI=1S/C25H30BN3O5/c1-18(2)11-23(26(31)32)28-24(30)25(13-19-7-4-3-5-8-19)14-22(29-34-25)17-33-16-21-10-6-9-20(12-21)15-27/h3-10,12,18,23,31-32H,11,13-14,16-17H2,1-2H3,(H,28,30). The fourth-order valence-electron chi connectivity index (χ4n) is 3.93. The van der Waals surface area contributed by atoms with Crippen molar-refractivity contribution in [2.75, 3.05) is 6.61 Å². The molecule has 1 aliphatic rings. The number of benzene rings is 2. The molecular weight excluding hydrogens is 433 g/mol. The van der Waals surface area contributed by atoms with Crippen LogP contribution in [0.15, 0.2) is 59.8 Å². The Labute approximate surface area is 200 Å². The van der Waals surface area contributed by atoms with Crippen molar-refractivity contribution in [2.24, 2.45) is 11.1 Å². The molecular formula is C25H30BN3O5. The Kier molecular flexibility index (Phi) is 8.82. The molecule has 0 saturated heterocycles. The van der Waals surface area contributed by atoms with Gasteiger partial charge >= 0.3 is 7.12 Å². The van der Waals surface area contributed by atoms with Gasteiger partial charge in [-0.3, -0.25) is 4.79 Å². The molecule has 9 heteroatoms. The van der Waals surface area contributed by atoms with Crippen LogP contribution >= 0.6 is 0 Å². The van der Waals surface area contributed by atoms with Crippen molar-refractivity contribution in [1.29, 1.82) is 5.26 Å². The van der Waals surface area contributed by atoms with E-state index in [-0.39, 0.29) is 25.4 Å². The Morgan fingerprint density at radius 1 is 1.21 bits per heavy atom. The van der Waals surface area contributed by atoms with Gasteiger partial charge < -0.3 is 24.9 Å². The highest BCUT2D eigenvalue weighted by Gasteiger charge is 2.48. The van der Waals surface area contributed by atoms with Gasteiger partial charge in [-0.05, 0) is 35.6 Å². The molecule has 0 fully saturated rings. The highest BCUT2D eigenvalue weighted by Crippen LogP contribution is 2.29. The molecule has 2 unspecified atom stereocenters. The van der Waals surface area contributed by atoms with Crippen LogP contribution in [0.5, 0.6) is 0 Å². The molecule has 2 aromatic carbocycles. The first kappa shape index (κ1) is 25.4. The van der Waals surface area contributed by atoms with Crippen LogP contribution < -0.4 is 5.32 Å². The maximum absolute atomic E-state index is 13.4. The lowest BCUT2D eigenvalue weighted by Crippen LogP contribution is -2.56. The summed E-state index contributed by atoms with van der Waals surface area (Å²) in [6.45, 7) is 4.34. The molecule has 178 valence electrons. The van der Waals surface area contributed by atoms with E-state index in [1.807, 2.05) is 50.2 Å². The zero-order valence-electron chi connectivity index (χ0n) is 19.5. The van der Waals surface area contributed by atoms with Gasteiger partial charge in [0.2, 0.25) is 5.60 Å². The monoisotopic (exact) mass is 463 g/mol. The molecule has 0 bridgehead atoms. The molecule has 0 aliphatic carbocycles. The maximum Gasteiger partial charge on any atom is 0.475 e. The third kappa shape index (κ3) is 6.91. The predicted octanol–water partition coefficient (Wildman–Crippen LogP) is 2.38. The van der Waals surface area contributed by atoms with Crippen LogP contribution in [-0.2, 0) is 27.4 Å². The smallest absolute Gasteiger partial charge is 0.426 e. The van der Waals surface area contributed by atoms with Crippen molar-refractivity contribution in [3.63, 3.8) is 0 Å². The van der Waals surface area contributed by atoms with E-state index in [9.17, 15) is 14.8 Å². The van der Waals surface area contributed by atoms with Gasteiger partial charge in [0.15, 0.2) is 0 Å². The molecule has 1 aliphatic heterocycles. The normalized spacial score (nSPS) is 18.1. The van der Waals surface area contributed by atoms with Gasteiger partial charge in [0.05, 0.1) is 36.5 Å². The van der Waals surface area contributed by atoms with Crippen molar-refractivity contribution in [3.8, 4) is 6.07 Å². The van der Waals surface area contributed by atoms with Crippen LogP contribution in [0.1, 0.15) is 43.4 Å². The summed E-state index contributed by atoms with van der Waals surface area (Å²) in [5.41, 5.74) is 1.58. The van der Waals surface area contributed by atoms with Gasteiger partial charge in [0.25, 0.3) is 5.91 Å². The van der Waals surface area contributed by atoms with Crippen molar-refractivity contribution < 1.29 is 24.4 Å². The van der Waals surface area contributed by atoms with E-state index in [4.69, 9.17) is 14.8 Å². The first-order valence-corrected chi connectivity index (χ1v) is 11.3. The lowest BCUT2D eigenvalue weighted by molar-refractivity contribution is -0.144. The van der Waals surface area contributed by atoms with E-state index >= 15 is 0 Å². The summed E-state index contributed by atoms with van der Waals surface area (Å²) in [5, 5.41) is 35.5. The molecule has 2 atom stereocenters. The third-order valence-corrected chi connectivity index (χ3v) is 5.58. The third-order valence-electron chi connectivity index (χ3n) is 5.58. The van der Waals surface area contributed by atoms with Gasteiger partial charge in [-0.25, -0.2) is 0 Å². The van der Waals surface area contributed by atoms with E-state index < -0.39 is 24.6 Å². The Morgan fingerprint density at radius 2 is 1.94 bits per heavy atom. The second kappa shape index (κ2) is 11.8. The lowest BCUT2D eigenvalue weighted by Gasteiger charge is -2.29. The quantitative estimate of drug-likeness (QED) is 0.440. The number of nitriles is 1. The van der Waals surface area contributed by atoms with Crippen LogP contribution in [-0.4, -0.2) is 46.9 Å². The number of nitrogens with one attached hydrogen (secondary N) is 1. The number of carbonyl (C=O) groups excluding carboxylic acids is 1. The molecule has 0 saturated carbocycles. The molecule has 3 N–H and O–H groups in total. The number of carbonyl (C=O) groups is 1. The summed E-state index contributed by atoms with van der Waals surface area (Å²) in [6, 6.07) is 18.7. The fraction of sp³-hybridized carbons (Fsp3) is 0.400. The molecule has 2 aromatic rings. The van der Waals surface area contributed by atoms with Gasteiger partial charge in [0, 0.05) is 12.8 Å². The molecule has 0 radical (unpaired) electrons. The number of ether oxygens (including phenoxy) is 1. The summed E-state index contributed by atoms with van der Waals surface area (Å²) in [7, 11) is -1.69. The van der Waals surface area contributed by atoms with Crippen LogP contribution in [0.4, 0.5) is 0 Å². The number of hydrogen-bond acceptors (Lipinski definition) is 7. The highest BCUT2D eigenvalue weighted by atomic mass is 16.7. The van der Waals surface area contributed by atoms with E-state index in [1.165, 1.54) is 0 Å². The number of hydrogen-bond donors (Lipinski definition) is 3. The second-order valence-corrected chi connectivity index (χ2v) is 9.01. The Morgan fingerprint density at radius 3 is 2.62 bits per heavy atom. The van der Waals surface area contributed by atoms with Gasteiger partial charge in [0.1, 0.15) is 0 Å². The molecule has 0 aromatic heterocycles. The molecule has 8 nitrogen and oxygen atoms in total. The van der Waals surface area contributed by atoms with Crippen LogP contribution in [0.2, 0.25) is 0 Å². The van der Waals surface area contributed by atoms with Crippen molar-refractivity contribution in [1.82, 2.24) is 5.32 Å². The SMILES string of the molecule is CC(C)CC(NC(=O)C1(Cc2ccccc2)CC(COCc2cccc(C#N)c2)=NO1)B(O)O. The molecule has 1 amide bonds. The van der Waals surface area contributed by atoms with E-state index in [2.05, 4.69) is 16.5 Å². The topological polar surface area (TPSA) is 124 Å². The first-order valence-electron chi connectivity index (χ1n) is 11.3. The summed E-state index contributed by atoms with van der Waals surface area (Å²) < 4.78 is 5.77. The first-order chi connectivity index (χ1) is 16.3. The van der Waals surface area contributed by atoms with Crippen molar-refractivity contribution in [2.45, 2.75) is 51.3 Å². The zero-order chi connectivity index (χ0) is 24.6. The summed E-state index contributed by atoms with van der Waals surface area (Å²) in [4.78, 5) is 19.1. The Hall–Kier alpha value is -3.19. The summed E-state index contributed by atoms with van der Waals surface area (Å²) in [5.74, 6) is -1.12. The van der Waals surface area contributed by atoms with Crippen LogP contribution in [0.25, 0.3) is 0 Å². The zero-order valence-corrected chi connectivity index (χ0v) is 19.5. The van der Waals surface area contributed by atoms with Gasteiger partial charge in [-0.15, -0.1) is 0 Å². The minimum Gasteiger partial charge on any atom is -0.426 e. The van der Waals surface area contributed by atoms with Crippen molar-refractivity contribution in [3.05, 3.63) is 71.3 Å². The predicted molar refractivity (Wildman–Crippen MR) is 128 cm³/mol. The minimum atomic E-state index is -1.69. The largest absolute Gasteiger partial charge is 0.475 e. The highest BCUT2D eigenvalue weighted by molar-refractivity contribution is 6.43. The second-order valence-electron chi connectivity index (χ2n) is 9.01. The Balaban J connectivity index is 1.69. The molecule has 0 spiro atoms. The Bertz CT molecular complexity index is 1040. The fourth-order valence-corrected chi connectivity index (χ4v) is 3.93. The maximum atomic E-state index is 13.4. The van der Waals surface area contributed by atoms with E-state index in [0.29, 0.717) is 24.3 Å². The number of oxime groups is 1. The lowest BCUT2D eigenvalue weighted by atomic mass is 9.74. The average molecular weight is 463 g/mol. The number of rotatable bonds is 11. The molecule has 3 rings (SSSR count). The van der Waals surface area contributed by atoms with Gasteiger partial charge in [-0.2, -0.15) is 5.26 Å². The molecule has 1 heterocycles.